The summed E-state index contributed by atoms with van der Waals surface area (Å²) in [6.07, 6.45) is 1.08. The summed E-state index contributed by atoms with van der Waals surface area (Å²) in [5.41, 5.74) is 0.840. The van der Waals surface area contributed by atoms with Gasteiger partial charge in [0.2, 0.25) is 0 Å². The SMILES string of the molecule is CCS(=O)(=O)c1ccc(O)c(Nc2ncnc3sc(C(=O)OC(C)C)c(C)c23)c1. The number of aryl methyl sites for hydroxylation is 1. The van der Waals surface area contributed by atoms with E-state index in [1.165, 1.54) is 35.9 Å². The zero-order chi connectivity index (χ0) is 21.3. The van der Waals surface area contributed by atoms with Gasteiger partial charge < -0.3 is 15.2 Å². The summed E-state index contributed by atoms with van der Waals surface area (Å²) in [6.45, 7) is 6.86. The molecule has 0 aliphatic rings. The first-order valence-corrected chi connectivity index (χ1v) is 11.4. The number of anilines is 2. The van der Waals surface area contributed by atoms with Crippen LogP contribution in [0.5, 0.6) is 5.75 Å². The normalized spacial score (nSPS) is 11.8. The van der Waals surface area contributed by atoms with Crippen LogP contribution in [-0.2, 0) is 14.6 Å². The lowest BCUT2D eigenvalue weighted by atomic mass is 10.2. The number of aromatic nitrogens is 2. The van der Waals surface area contributed by atoms with E-state index in [9.17, 15) is 18.3 Å². The second-order valence-electron chi connectivity index (χ2n) is 6.62. The van der Waals surface area contributed by atoms with Crippen LogP contribution in [0.3, 0.4) is 0 Å². The third-order valence-electron chi connectivity index (χ3n) is 4.22. The van der Waals surface area contributed by atoms with E-state index in [1.54, 1.807) is 27.7 Å². The molecule has 1 aromatic carbocycles. The number of carbonyl (C=O) groups excluding carboxylic acids is 1. The standard InChI is InChI=1S/C19H21N3O5S2/c1-5-29(25,26)12-6-7-14(23)13(8-12)22-17-15-11(4)16(19(24)27-10(2)3)28-18(15)21-9-20-17/h6-10,23H,5H2,1-4H3,(H,20,21,22). The van der Waals surface area contributed by atoms with Crippen molar-refractivity contribution in [1.29, 1.82) is 0 Å². The first kappa shape index (κ1) is 21.0. The average Bonchev–Trinajstić information content (AvgIpc) is 3.00. The molecule has 2 N–H and O–H groups in total. The van der Waals surface area contributed by atoms with Gasteiger partial charge in [-0.2, -0.15) is 0 Å². The number of fused-ring (bicyclic) bond motifs is 1. The molecule has 3 aromatic rings. The van der Waals surface area contributed by atoms with Gasteiger partial charge in [0.15, 0.2) is 9.84 Å². The maximum atomic E-state index is 12.4. The number of hydrogen-bond acceptors (Lipinski definition) is 9. The van der Waals surface area contributed by atoms with Crippen LogP contribution in [0.2, 0.25) is 0 Å². The number of nitrogens with one attached hydrogen (secondary N) is 1. The number of phenols is 1. The number of hydrogen-bond donors (Lipinski definition) is 2. The van der Waals surface area contributed by atoms with Crippen molar-refractivity contribution in [3.63, 3.8) is 0 Å². The van der Waals surface area contributed by atoms with E-state index in [4.69, 9.17) is 4.74 Å². The smallest absolute Gasteiger partial charge is 0.348 e. The van der Waals surface area contributed by atoms with Gasteiger partial charge in [-0.05, 0) is 44.5 Å². The van der Waals surface area contributed by atoms with Crippen molar-refractivity contribution in [3.8, 4) is 5.75 Å². The molecule has 0 radical (unpaired) electrons. The van der Waals surface area contributed by atoms with E-state index in [2.05, 4.69) is 15.3 Å². The van der Waals surface area contributed by atoms with E-state index in [0.717, 1.165) is 0 Å². The van der Waals surface area contributed by atoms with Crippen molar-refractivity contribution in [3.05, 3.63) is 35.0 Å². The molecule has 2 heterocycles. The molecule has 0 amide bonds. The maximum absolute atomic E-state index is 12.4. The summed E-state index contributed by atoms with van der Waals surface area (Å²) in [4.78, 5) is 21.9. The molecule has 2 aromatic heterocycles. The molecular weight excluding hydrogens is 414 g/mol. The number of rotatable bonds is 6. The lowest BCUT2D eigenvalue weighted by molar-refractivity contribution is 0.0383. The zero-order valence-electron chi connectivity index (χ0n) is 16.4. The van der Waals surface area contributed by atoms with Crippen LogP contribution in [0, 0.1) is 6.92 Å². The predicted molar refractivity (Wildman–Crippen MR) is 112 cm³/mol. The van der Waals surface area contributed by atoms with Crippen molar-refractivity contribution in [1.82, 2.24) is 9.97 Å². The van der Waals surface area contributed by atoms with Gasteiger partial charge in [-0.15, -0.1) is 11.3 Å². The minimum Gasteiger partial charge on any atom is -0.506 e. The number of sulfone groups is 1. The fourth-order valence-corrected chi connectivity index (χ4v) is 4.67. The summed E-state index contributed by atoms with van der Waals surface area (Å²) in [6, 6.07) is 4.03. The minimum atomic E-state index is -3.44. The van der Waals surface area contributed by atoms with Crippen LogP contribution in [0.15, 0.2) is 29.4 Å². The van der Waals surface area contributed by atoms with Gasteiger partial charge in [0.1, 0.15) is 27.6 Å². The Labute approximate surface area is 172 Å². The van der Waals surface area contributed by atoms with Gasteiger partial charge in [0.25, 0.3) is 0 Å². The molecular formula is C19H21N3O5S2. The third-order valence-corrected chi connectivity index (χ3v) is 7.13. The molecule has 8 nitrogen and oxygen atoms in total. The van der Waals surface area contributed by atoms with E-state index >= 15 is 0 Å². The highest BCUT2D eigenvalue weighted by molar-refractivity contribution is 7.91. The molecule has 0 saturated heterocycles. The first-order valence-electron chi connectivity index (χ1n) is 8.92. The second-order valence-corrected chi connectivity index (χ2v) is 9.90. The van der Waals surface area contributed by atoms with Crippen LogP contribution >= 0.6 is 11.3 Å². The van der Waals surface area contributed by atoms with Crippen LogP contribution in [0.4, 0.5) is 11.5 Å². The van der Waals surface area contributed by atoms with E-state index in [-0.39, 0.29) is 28.2 Å². The number of phenolic OH excluding ortho intramolecular Hbond substituents is 1. The summed E-state index contributed by atoms with van der Waals surface area (Å²) in [5, 5.41) is 13.8. The van der Waals surface area contributed by atoms with E-state index in [1.807, 2.05) is 0 Å². The molecule has 29 heavy (non-hydrogen) atoms. The number of aromatic hydroxyl groups is 1. The van der Waals surface area contributed by atoms with Crippen molar-refractivity contribution < 1.29 is 23.1 Å². The van der Waals surface area contributed by atoms with Crippen LogP contribution in [-0.4, -0.2) is 41.3 Å². The van der Waals surface area contributed by atoms with Gasteiger partial charge >= 0.3 is 5.97 Å². The molecule has 0 aliphatic carbocycles. The van der Waals surface area contributed by atoms with Gasteiger partial charge in [0, 0.05) is 0 Å². The molecule has 0 spiro atoms. The topological polar surface area (TPSA) is 118 Å². The number of benzene rings is 1. The number of ether oxygens (including phenoxy) is 1. The lowest BCUT2D eigenvalue weighted by Crippen LogP contribution is -2.11. The highest BCUT2D eigenvalue weighted by Gasteiger charge is 2.22. The average molecular weight is 436 g/mol. The van der Waals surface area contributed by atoms with Gasteiger partial charge in [-0.25, -0.2) is 23.2 Å². The summed E-state index contributed by atoms with van der Waals surface area (Å²) >= 11 is 1.19. The Bertz CT molecular complexity index is 1190. The number of nitrogens with zero attached hydrogens (tertiary/aromatic N) is 2. The van der Waals surface area contributed by atoms with Crippen molar-refractivity contribution >= 4 is 48.9 Å². The van der Waals surface area contributed by atoms with Gasteiger partial charge in [0.05, 0.1) is 27.8 Å². The highest BCUT2D eigenvalue weighted by atomic mass is 32.2. The fourth-order valence-electron chi connectivity index (χ4n) is 2.73. The molecule has 154 valence electrons. The van der Waals surface area contributed by atoms with Crippen LogP contribution < -0.4 is 5.32 Å². The Balaban J connectivity index is 2.07. The van der Waals surface area contributed by atoms with E-state index in [0.29, 0.717) is 26.5 Å². The maximum Gasteiger partial charge on any atom is 0.348 e. The summed E-state index contributed by atoms with van der Waals surface area (Å²) in [5.74, 6) is -0.266. The number of carbonyl (C=O) groups is 1. The Morgan fingerprint density at radius 2 is 2.03 bits per heavy atom. The van der Waals surface area contributed by atoms with Crippen LogP contribution in [0.1, 0.15) is 36.0 Å². The molecule has 0 unspecified atom stereocenters. The van der Waals surface area contributed by atoms with Crippen molar-refractivity contribution in [2.45, 2.75) is 38.7 Å². The quantitative estimate of drug-likeness (QED) is 0.443. The first-order chi connectivity index (χ1) is 13.6. The van der Waals surface area contributed by atoms with E-state index < -0.39 is 15.8 Å². The second kappa shape index (κ2) is 7.96. The molecule has 0 aliphatic heterocycles. The van der Waals surface area contributed by atoms with Crippen LogP contribution in [0.25, 0.3) is 10.2 Å². The predicted octanol–water partition coefficient (Wildman–Crippen LogP) is 3.81. The highest BCUT2D eigenvalue weighted by Crippen LogP contribution is 2.37. The summed E-state index contributed by atoms with van der Waals surface area (Å²) in [7, 11) is -3.44. The Hall–Kier alpha value is -2.72. The summed E-state index contributed by atoms with van der Waals surface area (Å²) < 4.78 is 29.6. The molecule has 0 saturated carbocycles. The Kier molecular flexibility index (Phi) is 5.76. The largest absolute Gasteiger partial charge is 0.506 e. The zero-order valence-corrected chi connectivity index (χ0v) is 18.0. The lowest BCUT2D eigenvalue weighted by Gasteiger charge is -2.11. The van der Waals surface area contributed by atoms with Gasteiger partial charge in [-0.1, -0.05) is 6.92 Å². The molecule has 0 atom stereocenters. The Morgan fingerprint density at radius 1 is 1.31 bits per heavy atom. The van der Waals surface area contributed by atoms with Crippen molar-refractivity contribution in [2.75, 3.05) is 11.1 Å². The number of thiophene rings is 1. The number of esters is 1. The molecule has 0 fully saturated rings. The van der Waals surface area contributed by atoms with Crippen molar-refractivity contribution in [2.24, 2.45) is 0 Å². The monoisotopic (exact) mass is 435 g/mol. The molecule has 3 rings (SSSR count). The third kappa shape index (κ3) is 4.18. The molecule has 0 bridgehead atoms. The molecule has 10 heteroatoms. The minimum absolute atomic E-state index is 0.0556. The fraction of sp³-hybridized carbons (Fsp3) is 0.316. The Morgan fingerprint density at radius 3 is 2.69 bits per heavy atom. The van der Waals surface area contributed by atoms with Gasteiger partial charge in [-0.3, -0.25) is 0 Å².